The lowest BCUT2D eigenvalue weighted by atomic mass is 9.93. The van der Waals surface area contributed by atoms with Crippen LogP contribution in [0.15, 0.2) is 174 Å². The quantitative estimate of drug-likeness (QED) is 0.185. The fraction of sp³-hybridized carbons (Fsp3) is 0. The van der Waals surface area contributed by atoms with Crippen molar-refractivity contribution in [3.8, 4) is 56.2 Å². The third-order valence-electron chi connectivity index (χ3n) is 9.49. The Bertz CT molecular complexity index is 2670. The van der Waals surface area contributed by atoms with Gasteiger partial charge in [0.1, 0.15) is 11.2 Å². The highest BCUT2D eigenvalue weighted by Crippen LogP contribution is 2.42. The highest BCUT2D eigenvalue weighted by atomic mass is 32.1. The zero-order valence-corrected chi connectivity index (χ0v) is 27.7. The maximum absolute atomic E-state index is 6.52. The summed E-state index contributed by atoms with van der Waals surface area (Å²) in [5.41, 5.74) is 11.0. The molecule has 3 nitrogen and oxygen atoms in total. The van der Waals surface area contributed by atoms with Crippen LogP contribution in [-0.2, 0) is 0 Å². The molecule has 0 spiro atoms. The summed E-state index contributed by atoms with van der Waals surface area (Å²) in [5, 5.41) is 4.71. The summed E-state index contributed by atoms with van der Waals surface area (Å²) in [6.45, 7) is 0. The Balaban J connectivity index is 1.23. The van der Waals surface area contributed by atoms with Gasteiger partial charge >= 0.3 is 0 Å². The van der Waals surface area contributed by atoms with E-state index in [2.05, 4.69) is 152 Å². The highest BCUT2D eigenvalue weighted by Gasteiger charge is 2.18. The van der Waals surface area contributed by atoms with E-state index in [1.807, 2.05) is 18.2 Å². The molecule has 0 N–H and O–H groups in total. The molecule has 0 saturated heterocycles. The predicted octanol–water partition coefficient (Wildman–Crippen LogP) is 13.1. The highest BCUT2D eigenvalue weighted by molar-refractivity contribution is 7.26. The zero-order chi connectivity index (χ0) is 33.0. The van der Waals surface area contributed by atoms with Crippen molar-refractivity contribution in [3.63, 3.8) is 0 Å². The zero-order valence-electron chi connectivity index (χ0n) is 26.9. The monoisotopic (exact) mass is 656 g/mol. The van der Waals surface area contributed by atoms with Gasteiger partial charge in [-0.25, -0.2) is 9.97 Å². The second kappa shape index (κ2) is 11.7. The van der Waals surface area contributed by atoms with E-state index in [-0.39, 0.29) is 0 Å². The molecule has 0 atom stereocenters. The molecule has 3 heterocycles. The van der Waals surface area contributed by atoms with Gasteiger partial charge in [-0.15, -0.1) is 11.3 Å². The summed E-state index contributed by atoms with van der Waals surface area (Å²) in [5.74, 6) is 0.713. The number of hydrogen-bond acceptors (Lipinski definition) is 4. The molecular formula is C46H28N2OS. The summed E-state index contributed by atoms with van der Waals surface area (Å²) in [7, 11) is 0. The van der Waals surface area contributed by atoms with Gasteiger partial charge in [0, 0.05) is 53.2 Å². The maximum Gasteiger partial charge on any atom is 0.161 e. The van der Waals surface area contributed by atoms with Gasteiger partial charge in [0.25, 0.3) is 0 Å². The number of hydrogen-bond donors (Lipinski definition) is 0. The molecule has 0 unspecified atom stereocenters. The summed E-state index contributed by atoms with van der Waals surface area (Å²) >= 11 is 1.80. The molecule has 0 amide bonds. The molecule has 10 aromatic rings. The molecule has 50 heavy (non-hydrogen) atoms. The summed E-state index contributed by atoms with van der Waals surface area (Å²) in [6.07, 6.45) is 0. The van der Waals surface area contributed by atoms with Gasteiger partial charge in [0.05, 0.1) is 11.4 Å². The molecule has 0 saturated carbocycles. The Labute approximate surface area is 292 Å². The Hall–Kier alpha value is -6.36. The summed E-state index contributed by atoms with van der Waals surface area (Å²) in [4.78, 5) is 10.6. The molecule has 0 aliphatic carbocycles. The SMILES string of the molecule is c1ccc(-c2cc(-c3cc(-c4ccccc4)nc(-c4cccc5c4sc4ccccc45)n3)cc(-c3cccc4c3oc3ccccc34)c2)cc1. The second-order valence-corrected chi connectivity index (χ2v) is 13.6. The molecule has 0 aliphatic heterocycles. The first-order valence-electron chi connectivity index (χ1n) is 16.7. The number of aromatic nitrogens is 2. The molecular weight excluding hydrogens is 629 g/mol. The smallest absolute Gasteiger partial charge is 0.161 e. The first-order valence-corrected chi connectivity index (χ1v) is 17.6. The van der Waals surface area contributed by atoms with E-state index >= 15 is 0 Å². The van der Waals surface area contributed by atoms with E-state index in [0.717, 1.165) is 72.3 Å². The molecule has 0 fully saturated rings. The minimum absolute atomic E-state index is 0.713. The molecule has 4 heteroatoms. The van der Waals surface area contributed by atoms with Crippen molar-refractivity contribution >= 4 is 53.4 Å². The van der Waals surface area contributed by atoms with Crippen LogP contribution >= 0.6 is 11.3 Å². The minimum Gasteiger partial charge on any atom is -0.455 e. The number of nitrogens with zero attached hydrogens (tertiary/aromatic N) is 2. The predicted molar refractivity (Wildman–Crippen MR) is 209 cm³/mol. The van der Waals surface area contributed by atoms with Crippen LogP contribution in [0.3, 0.4) is 0 Å². The summed E-state index contributed by atoms with van der Waals surface area (Å²) in [6, 6.07) is 59.6. The minimum atomic E-state index is 0.713. The number of benzene rings is 7. The molecule has 3 aromatic heterocycles. The van der Waals surface area contributed by atoms with Gasteiger partial charge in [-0.1, -0.05) is 127 Å². The molecule has 0 aliphatic rings. The van der Waals surface area contributed by atoms with Crippen LogP contribution in [0, 0.1) is 0 Å². The van der Waals surface area contributed by atoms with Crippen molar-refractivity contribution in [2.24, 2.45) is 0 Å². The third kappa shape index (κ3) is 4.80. The van der Waals surface area contributed by atoms with Gasteiger partial charge < -0.3 is 4.42 Å². The number of furan rings is 1. The van der Waals surface area contributed by atoms with Gasteiger partial charge in [0.15, 0.2) is 5.82 Å². The lowest BCUT2D eigenvalue weighted by Crippen LogP contribution is -1.97. The van der Waals surface area contributed by atoms with Crippen LogP contribution in [-0.4, -0.2) is 9.97 Å². The second-order valence-electron chi connectivity index (χ2n) is 12.6. The molecule has 10 rings (SSSR count). The van der Waals surface area contributed by atoms with Crippen LogP contribution in [0.1, 0.15) is 0 Å². The third-order valence-corrected chi connectivity index (χ3v) is 10.7. The fourth-order valence-electron chi connectivity index (χ4n) is 7.10. The Morgan fingerprint density at radius 3 is 1.82 bits per heavy atom. The van der Waals surface area contributed by atoms with Crippen molar-refractivity contribution in [2.75, 3.05) is 0 Å². The molecule has 234 valence electrons. The van der Waals surface area contributed by atoms with Crippen molar-refractivity contribution in [1.82, 2.24) is 9.97 Å². The van der Waals surface area contributed by atoms with Crippen molar-refractivity contribution in [1.29, 1.82) is 0 Å². The molecule has 0 radical (unpaired) electrons. The van der Waals surface area contributed by atoms with Crippen molar-refractivity contribution in [2.45, 2.75) is 0 Å². The first-order chi connectivity index (χ1) is 24.8. The van der Waals surface area contributed by atoms with E-state index in [1.165, 1.54) is 20.2 Å². The van der Waals surface area contributed by atoms with E-state index in [4.69, 9.17) is 14.4 Å². The Morgan fingerprint density at radius 1 is 0.400 bits per heavy atom. The standard InChI is InChI=1S/C46H28N2OS/c1-3-13-29(14-4-1)31-25-32(34-19-11-20-37-35-17-7-9-23-42(35)49-44(34)37)27-33(26-31)41-28-40(30-15-5-2-6-16-30)47-46(48-41)39-22-12-21-38-36-18-8-10-24-43(36)50-45(38)39/h1-28H. The Morgan fingerprint density at radius 2 is 1.00 bits per heavy atom. The lowest BCUT2D eigenvalue weighted by molar-refractivity contribution is 0.670. The van der Waals surface area contributed by atoms with E-state index in [0.29, 0.717) is 5.82 Å². The van der Waals surface area contributed by atoms with Crippen LogP contribution in [0.25, 0.3) is 98.3 Å². The number of para-hydroxylation sites is 2. The fourth-order valence-corrected chi connectivity index (χ4v) is 8.31. The van der Waals surface area contributed by atoms with Gasteiger partial charge in [-0.2, -0.15) is 0 Å². The van der Waals surface area contributed by atoms with Crippen LogP contribution in [0.4, 0.5) is 0 Å². The largest absolute Gasteiger partial charge is 0.455 e. The summed E-state index contributed by atoms with van der Waals surface area (Å²) < 4.78 is 8.98. The molecule has 0 bridgehead atoms. The van der Waals surface area contributed by atoms with Gasteiger partial charge in [-0.05, 0) is 59.2 Å². The number of thiophene rings is 1. The number of rotatable bonds is 5. The normalized spacial score (nSPS) is 11.6. The van der Waals surface area contributed by atoms with Crippen LogP contribution in [0.2, 0.25) is 0 Å². The van der Waals surface area contributed by atoms with E-state index < -0.39 is 0 Å². The van der Waals surface area contributed by atoms with Crippen LogP contribution in [0.5, 0.6) is 0 Å². The van der Waals surface area contributed by atoms with Gasteiger partial charge in [-0.3, -0.25) is 0 Å². The van der Waals surface area contributed by atoms with E-state index in [9.17, 15) is 0 Å². The lowest BCUT2D eigenvalue weighted by Gasteiger charge is -2.13. The maximum atomic E-state index is 6.52. The average molecular weight is 657 g/mol. The number of fused-ring (bicyclic) bond motifs is 6. The average Bonchev–Trinajstić information content (AvgIpc) is 3.77. The molecule has 7 aromatic carbocycles. The first kappa shape index (κ1) is 28.6. The topological polar surface area (TPSA) is 38.9 Å². The van der Waals surface area contributed by atoms with Gasteiger partial charge in [0.2, 0.25) is 0 Å². The van der Waals surface area contributed by atoms with Crippen LogP contribution < -0.4 is 0 Å². The van der Waals surface area contributed by atoms with Crippen molar-refractivity contribution in [3.05, 3.63) is 170 Å². The van der Waals surface area contributed by atoms with E-state index in [1.54, 1.807) is 11.3 Å². The van der Waals surface area contributed by atoms with Crippen molar-refractivity contribution < 1.29 is 4.42 Å². The Kier molecular flexibility index (Phi) is 6.68.